The monoisotopic (exact) mass is 375 g/mol. The van der Waals surface area contributed by atoms with E-state index in [1.165, 1.54) is 16.2 Å². The van der Waals surface area contributed by atoms with Crippen molar-refractivity contribution in [2.45, 2.75) is 20.3 Å². The van der Waals surface area contributed by atoms with E-state index in [-0.39, 0.29) is 11.8 Å². The third-order valence-corrected chi connectivity index (χ3v) is 4.86. The quantitative estimate of drug-likeness (QED) is 0.706. The highest BCUT2D eigenvalue weighted by molar-refractivity contribution is 5.99. The van der Waals surface area contributed by atoms with Crippen LogP contribution in [0.15, 0.2) is 55.0 Å². The maximum absolute atomic E-state index is 13.2. The topological polar surface area (TPSA) is 71.3 Å². The summed E-state index contributed by atoms with van der Waals surface area (Å²) >= 11 is 0. The molecular formula is C21H21N5O2. The van der Waals surface area contributed by atoms with Gasteiger partial charge in [0.15, 0.2) is 0 Å². The lowest BCUT2D eigenvalue weighted by Gasteiger charge is -2.27. The number of hydrogen-bond donors (Lipinski definition) is 0. The molecule has 142 valence electrons. The smallest absolute Gasteiger partial charge is 0.267 e. The summed E-state index contributed by atoms with van der Waals surface area (Å²) < 4.78 is 1.74. The van der Waals surface area contributed by atoms with E-state index in [1.54, 1.807) is 23.1 Å². The van der Waals surface area contributed by atoms with E-state index in [0.717, 1.165) is 23.4 Å². The first-order chi connectivity index (χ1) is 13.6. The number of para-hydroxylation sites is 1. The summed E-state index contributed by atoms with van der Waals surface area (Å²) in [6.45, 7) is 4.75. The highest BCUT2D eigenvalue weighted by Gasteiger charge is 2.33. The van der Waals surface area contributed by atoms with E-state index in [4.69, 9.17) is 0 Å². The van der Waals surface area contributed by atoms with Gasteiger partial charge < -0.3 is 0 Å². The molecule has 3 aromatic rings. The van der Waals surface area contributed by atoms with Crippen LogP contribution in [-0.4, -0.2) is 49.7 Å². The second kappa shape index (κ2) is 7.26. The maximum atomic E-state index is 13.2. The molecule has 0 atom stereocenters. The molecule has 1 aromatic carbocycles. The van der Waals surface area contributed by atoms with Crippen molar-refractivity contribution in [3.63, 3.8) is 0 Å². The zero-order chi connectivity index (χ0) is 19.7. The van der Waals surface area contributed by atoms with Crippen LogP contribution in [0.5, 0.6) is 0 Å². The lowest BCUT2D eigenvalue weighted by Crippen LogP contribution is -2.45. The predicted octanol–water partition coefficient (Wildman–Crippen LogP) is 2.79. The first kappa shape index (κ1) is 17.9. The molecule has 28 heavy (non-hydrogen) atoms. The zero-order valence-corrected chi connectivity index (χ0v) is 15.9. The van der Waals surface area contributed by atoms with E-state index >= 15 is 0 Å². The van der Waals surface area contributed by atoms with Crippen LogP contribution in [-0.2, 0) is 0 Å². The summed E-state index contributed by atoms with van der Waals surface area (Å²) in [5.41, 5.74) is 3.51. The fraction of sp³-hybridized carbons (Fsp3) is 0.238. The first-order valence-corrected chi connectivity index (χ1v) is 9.21. The Kier molecular flexibility index (Phi) is 4.65. The van der Waals surface area contributed by atoms with Crippen molar-refractivity contribution >= 4 is 11.8 Å². The van der Waals surface area contributed by atoms with Crippen molar-refractivity contribution in [1.82, 2.24) is 24.8 Å². The Morgan fingerprint density at radius 2 is 1.64 bits per heavy atom. The van der Waals surface area contributed by atoms with Crippen molar-refractivity contribution in [2.75, 3.05) is 13.1 Å². The molecular weight excluding hydrogens is 354 g/mol. The van der Waals surface area contributed by atoms with Gasteiger partial charge in [-0.25, -0.2) is 14.7 Å². The van der Waals surface area contributed by atoms with Gasteiger partial charge in [-0.1, -0.05) is 18.2 Å². The van der Waals surface area contributed by atoms with Crippen LogP contribution >= 0.6 is 0 Å². The molecule has 0 spiro atoms. The fourth-order valence-electron chi connectivity index (χ4n) is 3.44. The molecule has 7 nitrogen and oxygen atoms in total. The summed E-state index contributed by atoms with van der Waals surface area (Å²) in [5.74, 6) is -0.429. The number of benzene rings is 1. The second-order valence-electron chi connectivity index (χ2n) is 6.85. The molecule has 0 radical (unpaired) electrons. The van der Waals surface area contributed by atoms with Gasteiger partial charge in [-0.2, -0.15) is 5.10 Å². The van der Waals surface area contributed by atoms with Gasteiger partial charge in [0.25, 0.3) is 11.8 Å². The molecule has 7 heteroatoms. The van der Waals surface area contributed by atoms with Crippen LogP contribution in [0.1, 0.15) is 38.4 Å². The number of amides is 2. The molecule has 1 fully saturated rings. The molecule has 1 saturated heterocycles. The number of pyridine rings is 1. The van der Waals surface area contributed by atoms with E-state index in [9.17, 15) is 9.59 Å². The number of rotatable bonds is 3. The van der Waals surface area contributed by atoms with Crippen molar-refractivity contribution in [3.05, 3.63) is 77.4 Å². The standard InChI is InChI=1S/C21H21N5O2/c1-15-11-17(13-22-12-15)20(27)24-9-6-10-25(24)21(28)19-14-23-26(16(19)2)18-7-4-3-5-8-18/h3-5,7-8,11-14H,6,9-10H2,1-2H3. The lowest BCUT2D eigenvalue weighted by molar-refractivity contribution is 0.0185. The Morgan fingerprint density at radius 3 is 2.36 bits per heavy atom. The van der Waals surface area contributed by atoms with Crippen LogP contribution in [0, 0.1) is 13.8 Å². The molecule has 4 rings (SSSR count). The predicted molar refractivity (Wildman–Crippen MR) is 104 cm³/mol. The first-order valence-electron chi connectivity index (χ1n) is 9.21. The maximum Gasteiger partial charge on any atom is 0.275 e. The SMILES string of the molecule is Cc1cncc(C(=O)N2CCCN2C(=O)c2cnn(-c3ccccc3)c2C)c1. The largest absolute Gasteiger partial charge is 0.275 e. The number of carbonyl (C=O) groups excluding carboxylic acids is 2. The highest BCUT2D eigenvalue weighted by atomic mass is 16.2. The Labute approximate surface area is 163 Å². The van der Waals surface area contributed by atoms with Gasteiger partial charge in [0.1, 0.15) is 0 Å². The third-order valence-electron chi connectivity index (χ3n) is 4.86. The molecule has 0 aliphatic carbocycles. The minimum Gasteiger partial charge on any atom is -0.267 e. The number of carbonyl (C=O) groups is 2. The van der Waals surface area contributed by atoms with Crippen molar-refractivity contribution in [2.24, 2.45) is 0 Å². The van der Waals surface area contributed by atoms with Crippen LogP contribution in [0.4, 0.5) is 0 Å². The summed E-state index contributed by atoms with van der Waals surface area (Å²) in [7, 11) is 0. The van der Waals surface area contributed by atoms with E-state index < -0.39 is 0 Å². The van der Waals surface area contributed by atoms with E-state index in [2.05, 4.69) is 10.1 Å². The highest BCUT2D eigenvalue weighted by Crippen LogP contribution is 2.21. The van der Waals surface area contributed by atoms with E-state index in [0.29, 0.717) is 24.2 Å². The summed E-state index contributed by atoms with van der Waals surface area (Å²) in [5, 5.41) is 7.40. The van der Waals surface area contributed by atoms with Gasteiger partial charge in [0.2, 0.25) is 0 Å². The van der Waals surface area contributed by atoms with Crippen molar-refractivity contribution < 1.29 is 9.59 Å². The Morgan fingerprint density at radius 1 is 0.929 bits per heavy atom. The van der Waals surface area contributed by atoms with Crippen LogP contribution in [0.2, 0.25) is 0 Å². The Balaban J connectivity index is 1.61. The Hall–Kier alpha value is -3.48. The summed E-state index contributed by atoms with van der Waals surface area (Å²) in [4.78, 5) is 30.2. The molecule has 1 aliphatic heterocycles. The fourth-order valence-corrected chi connectivity index (χ4v) is 3.44. The zero-order valence-electron chi connectivity index (χ0n) is 15.9. The molecule has 1 aliphatic rings. The van der Waals surface area contributed by atoms with Crippen molar-refractivity contribution in [3.8, 4) is 5.69 Å². The third kappa shape index (κ3) is 3.15. The number of nitrogens with zero attached hydrogens (tertiary/aromatic N) is 5. The summed E-state index contributed by atoms with van der Waals surface area (Å²) in [6, 6.07) is 11.4. The molecule has 2 aromatic heterocycles. The van der Waals surface area contributed by atoms with Gasteiger partial charge in [0, 0.05) is 25.5 Å². The van der Waals surface area contributed by atoms with Crippen molar-refractivity contribution in [1.29, 1.82) is 0 Å². The van der Waals surface area contributed by atoms with Gasteiger partial charge >= 0.3 is 0 Å². The number of hydrazine groups is 1. The number of hydrogen-bond acceptors (Lipinski definition) is 4. The molecule has 2 amide bonds. The Bertz CT molecular complexity index is 1030. The second-order valence-corrected chi connectivity index (χ2v) is 6.85. The number of aromatic nitrogens is 3. The van der Waals surface area contributed by atoms with Gasteiger partial charge in [0.05, 0.1) is 28.7 Å². The molecule has 0 saturated carbocycles. The van der Waals surface area contributed by atoms with Crippen LogP contribution in [0.25, 0.3) is 5.69 Å². The van der Waals surface area contributed by atoms with Gasteiger partial charge in [-0.15, -0.1) is 0 Å². The average molecular weight is 375 g/mol. The molecule has 0 bridgehead atoms. The number of aryl methyl sites for hydroxylation is 1. The van der Waals surface area contributed by atoms with E-state index in [1.807, 2.05) is 44.2 Å². The average Bonchev–Trinajstić information content (AvgIpc) is 3.34. The summed E-state index contributed by atoms with van der Waals surface area (Å²) in [6.07, 6.45) is 5.54. The minimum atomic E-state index is -0.217. The van der Waals surface area contributed by atoms with Crippen LogP contribution < -0.4 is 0 Å². The molecule has 0 unspecified atom stereocenters. The lowest BCUT2D eigenvalue weighted by atomic mass is 10.2. The minimum absolute atomic E-state index is 0.213. The van der Waals surface area contributed by atoms with Gasteiger partial charge in [-0.05, 0) is 44.0 Å². The normalized spacial score (nSPS) is 13.8. The molecule has 3 heterocycles. The molecule has 0 N–H and O–H groups in total. The van der Waals surface area contributed by atoms with Gasteiger partial charge in [-0.3, -0.25) is 14.6 Å². The van der Waals surface area contributed by atoms with Crippen LogP contribution in [0.3, 0.4) is 0 Å².